The Morgan fingerprint density at radius 1 is 0.952 bits per heavy atom. The molecule has 2 saturated carbocycles. The largest absolute Gasteiger partial charge is 0.316 e. The SMILES string of the molecule is CCNCC1(CN2CCN(CC3CC3)CC2)CCCCC1. The molecule has 0 unspecified atom stereocenters. The van der Waals surface area contributed by atoms with E-state index in [0.717, 1.165) is 12.5 Å². The summed E-state index contributed by atoms with van der Waals surface area (Å²) in [6, 6.07) is 0. The predicted molar refractivity (Wildman–Crippen MR) is 89.7 cm³/mol. The molecule has 0 radical (unpaired) electrons. The Morgan fingerprint density at radius 3 is 2.24 bits per heavy atom. The third-order valence-corrected chi connectivity index (χ3v) is 5.90. The van der Waals surface area contributed by atoms with Crippen LogP contribution in [-0.4, -0.2) is 62.2 Å². The topological polar surface area (TPSA) is 18.5 Å². The molecule has 21 heavy (non-hydrogen) atoms. The highest BCUT2D eigenvalue weighted by Gasteiger charge is 2.34. The molecule has 3 rings (SSSR count). The third kappa shape index (κ3) is 4.67. The summed E-state index contributed by atoms with van der Waals surface area (Å²) >= 11 is 0. The zero-order valence-corrected chi connectivity index (χ0v) is 14.1. The van der Waals surface area contributed by atoms with Gasteiger partial charge in [-0.2, -0.15) is 0 Å². The van der Waals surface area contributed by atoms with Gasteiger partial charge in [0.1, 0.15) is 0 Å². The Bertz CT molecular complexity index is 300. The number of hydrogen-bond acceptors (Lipinski definition) is 3. The van der Waals surface area contributed by atoms with Crippen LogP contribution < -0.4 is 5.32 Å². The van der Waals surface area contributed by atoms with Crippen molar-refractivity contribution < 1.29 is 0 Å². The zero-order valence-electron chi connectivity index (χ0n) is 14.1. The molecular formula is C18H35N3. The van der Waals surface area contributed by atoms with Gasteiger partial charge < -0.3 is 15.1 Å². The Hall–Kier alpha value is -0.120. The van der Waals surface area contributed by atoms with Crippen molar-refractivity contribution in [1.29, 1.82) is 0 Å². The maximum atomic E-state index is 3.65. The monoisotopic (exact) mass is 293 g/mol. The standard InChI is InChI=1S/C18H35N3/c1-2-19-15-18(8-4-3-5-9-18)16-21-12-10-20(11-13-21)14-17-6-7-17/h17,19H,2-16H2,1H3. The van der Waals surface area contributed by atoms with Gasteiger partial charge in [-0.15, -0.1) is 0 Å². The summed E-state index contributed by atoms with van der Waals surface area (Å²) in [5, 5.41) is 3.65. The van der Waals surface area contributed by atoms with Crippen LogP contribution in [0.25, 0.3) is 0 Å². The molecule has 1 aliphatic heterocycles. The summed E-state index contributed by atoms with van der Waals surface area (Å²) in [5.74, 6) is 1.05. The number of hydrogen-bond donors (Lipinski definition) is 1. The number of nitrogens with one attached hydrogen (secondary N) is 1. The normalized spacial score (nSPS) is 27.9. The number of piperazine rings is 1. The number of nitrogens with zero attached hydrogens (tertiary/aromatic N) is 2. The molecule has 0 spiro atoms. The summed E-state index contributed by atoms with van der Waals surface area (Å²) in [6.07, 6.45) is 10.2. The molecule has 0 aromatic carbocycles. The van der Waals surface area contributed by atoms with Gasteiger partial charge in [0.15, 0.2) is 0 Å². The Labute approximate surface area is 131 Å². The van der Waals surface area contributed by atoms with Crippen molar-refractivity contribution in [1.82, 2.24) is 15.1 Å². The van der Waals surface area contributed by atoms with Crippen LogP contribution in [0.5, 0.6) is 0 Å². The maximum Gasteiger partial charge on any atom is 0.0110 e. The Kier molecular flexibility index (Phi) is 5.58. The first-order valence-electron chi connectivity index (χ1n) is 9.45. The summed E-state index contributed by atoms with van der Waals surface area (Å²) in [6.45, 7) is 12.6. The molecule has 122 valence electrons. The van der Waals surface area contributed by atoms with Gasteiger partial charge in [-0.3, -0.25) is 0 Å². The first-order chi connectivity index (χ1) is 10.3. The Morgan fingerprint density at radius 2 is 1.62 bits per heavy atom. The van der Waals surface area contributed by atoms with Crippen LogP contribution in [0.4, 0.5) is 0 Å². The van der Waals surface area contributed by atoms with E-state index in [0.29, 0.717) is 5.41 Å². The molecule has 1 heterocycles. The molecule has 0 aromatic heterocycles. The van der Waals surface area contributed by atoms with E-state index in [1.807, 2.05) is 0 Å². The highest BCUT2D eigenvalue weighted by molar-refractivity contribution is 4.89. The molecule has 0 amide bonds. The first kappa shape index (κ1) is 15.8. The minimum Gasteiger partial charge on any atom is -0.316 e. The van der Waals surface area contributed by atoms with Crippen LogP contribution in [0.15, 0.2) is 0 Å². The summed E-state index contributed by atoms with van der Waals surface area (Å²) < 4.78 is 0. The van der Waals surface area contributed by atoms with Crippen molar-refractivity contribution in [2.24, 2.45) is 11.3 Å². The van der Waals surface area contributed by atoms with Crippen molar-refractivity contribution in [3.63, 3.8) is 0 Å². The smallest absolute Gasteiger partial charge is 0.0110 e. The molecule has 3 nitrogen and oxygen atoms in total. The Balaban J connectivity index is 1.46. The van der Waals surface area contributed by atoms with Crippen LogP contribution >= 0.6 is 0 Å². The van der Waals surface area contributed by atoms with E-state index < -0.39 is 0 Å². The molecule has 3 fully saturated rings. The fourth-order valence-electron chi connectivity index (χ4n) is 4.35. The van der Waals surface area contributed by atoms with Gasteiger partial charge in [0, 0.05) is 45.8 Å². The molecule has 0 aromatic rings. The lowest BCUT2D eigenvalue weighted by Crippen LogP contribution is -2.52. The van der Waals surface area contributed by atoms with Gasteiger partial charge in [-0.1, -0.05) is 26.2 Å². The van der Waals surface area contributed by atoms with Gasteiger partial charge in [-0.05, 0) is 43.6 Å². The van der Waals surface area contributed by atoms with Gasteiger partial charge in [0.2, 0.25) is 0 Å². The predicted octanol–water partition coefficient (Wildman–Crippen LogP) is 2.57. The summed E-state index contributed by atoms with van der Waals surface area (Å²) in [7, 11) is 0. The summed E-state index contributed by atoms with van der Waals surface area (Å²) in [4.78, 5) is 5.48. The van der Waals surface area contributed by atoms with Crippen LogP contribution in [0.2, 0.25) is 0 Å². The molecule has 2 aliphatic carbocycles. The van der Waals surface area contributed by atoms with Gasteiger partial charge >= 0.3 is 0 Å². The average molecular weight is 293 g/mol. The minimum atomic E-state index is 0.576. The van der Waals surface area contributed by atoms with E-state index in [2.05, 4.69) is 22.0 Å². The second-order valence-electron chi connectivity index (χ2n) is 7.86. The van der Waals surface area contributed by atoms with Gasteiger partial charge in [-0.25, -0.2) is 0 Å². The van der Waals surface area contributed by atoms with Crippen LogP contribution in [0, 0.1) is 11.3 Å². The van der Waals surface area contributed by atoms with Gasteiger partial charge in [0.25, 0.3) is 0 Å². The molecule has 3 aliphatic rings. The van der Waals surface area contributed by atoms with Crippen molar-refractivity contribution in [2.45, 2.75) is 51.9 Å². The second-order valence-corrected chi connectivity index (χ2v) is 7.86. The highest BCUT2D eigenvalue weighted by Crippen LogP contribution is 2.37. The minimum absolute atomic E-state index is 0.576. The fourth-order valence-corrected chi connectivity index (χ4v) is 4.35. The van der Waals surface area contributed by atoms with E-state index in [-0.39, 0.29) is 0 Å². The molecule has 0 bridgehead atoms. The van der Waals surface area contributed by atoms with E-state index in [4.69, 9.17) is 0 Å². The molecule has 0 atom stereocenters. The lowest BCUT2D eigenvalue weighted by Gasteiger charge is -2.44. The zero-order chi connectivity index (χ0) is 14.5. The fraction of sp³-hybridized carbons (Fsp3) is 1.00. The lowest BCUT2D eigenvalue weighted by molar-refractivity contribution is 0.0609. The third-order valence-electron chi connectivity index (χ3n) is 5.90. The van der Waals surface area contributed by atoms with E-state index in [1.165, 1.54) is 90.8 Å². The van der Waals surface area contributed by atoms with Crippen molar-refractivity contribution in [2.75, 3.05) is 52.4 Å². The highest BCUT2D eigenvalue weighted by atomic mass is 15.3. The maximum absolute atomic E-state index is 3.65. The van der Waals surface area contributed by atoms with Crippen molar-refractivity contribution in [3.05, 3.63) is 0 Å². The van der Waals surface area contributed by atoms with Gasteiger partial charge in [0.05, 0.1) is 0 Å². The summed E-state index contributed by atoms with van der Waals surface area (Å²) in [5.41, 5.74) is 0.576. The second kappa shape index (κ2) is 7.43. The van der Waals surface area contributed by atoms with E-state index in [1.54, 1.807) is 0 Å². The quantitative estimate of drug-likeness (QED) is 0.778. The first-order valence-corrected chi connectivity index (χ1v) is 9.45. The van der Waals surface area contributed by atoms with E-state index in [9.17, 15) is 0 Å². The molecule has 1 saturated heterocycles. The lowest BCUT2D eigenvalue weighted by atomic mass is 9.73. The molecule has 1 N–H and O–H groups in total. The average Bonchev–Trinajstić information content (AvgIpc) is 3.32. The molecular weight excluding hydrogens is 258 g/mol. The van der Waals surface area contributed by atoms with Crippen LogP contribution in [0.1, 0.15) is 51.9 Å². The van der Waals surface area contributed by atoms with Crippen LogP contribution in [0.3, 0.4) is 0 Å². The molecule has 3 heteroatoms. The van der Waals surface area contributed by atoms with Crippen molar-refractivity contribution >= 4 is 0 Å². The van der Waals surface area contributed by atoms with Crippen molar-refractivity contribution in [3.8, 4) is 0 Å². The van der Waals surface area contributed by atoms with Crippen LogP contribution in [-0.2, 0) is 0 Å². The number of rotatable bonds is 7. The van der Waals surface area contributed by atoms with E-state index >= 15 is 0 Å².